The Bertz CT molecular complexity index is 1460. The molecule has 1 aliphatic heterocycles. The maximum atomic E-state index is 13.4. The van der Waals surface area contributed by atoms with Crippen molar-refractivity contribution in [2.24, 2.45) is 14.1 Å². The third kappa shape index (κ3) is 3.39. The summed E-state index contributed by atoms with van der Waals surface area (Å²) < 4.78 is 16.6. The van der Waals surface area contributed by atoms with Crippen LogP contribution in [-0.2, 0) is 25.4 Å². The zero-order valence-electron chi connectivity index (χ0n) is 18.7. The van der Waals surface area contributed by atoms with Crippen LogP contribution in [0.4, 0.5) is 0 Å². The first-order chi connectivity index (χ1) is 15.9. The Morgan fingerprint density at radius 2 is 1.73 bits per heavy atom. The first-order valence-corrected chi connectivity index (χ1v) is 11.2. The highest BCUT2D eigenvalue weighted by molar-refractivity contribution is 6.30. The summed E-state index contributed by atoms with van der Waals surface area (Å²) in [6, 6.07) is 15.1. The van der Waals surface area contributed by atoms with E-state index >= 15 is 0 Å². The van der Waals surface area contributed by atoms with Gasteiger partial charge >= 0.3 is 5.69 Å². The lowest BCUT2D eigenvalue weighted by atomic mass is 10.0. The Morgan fingerprint density at radius 1 is 1.03 bits per heavy atom. The van der Waals surface area contributed by atoms with Crippen molar-refractivity contribution in [1.29, 1.82) is 0 Å². The number of hydrogen-bond donors (Lipinski definition) is 0. The minimum Gasteiger partial charge on any atom is -0.494 e. The Morgan fingerprint density at radius 3 is 2.39 bits per heavy atom. The van der Waals surface area contributed by atoms with Gasteiger partial charge in [-0.1, -0.05) is 35.9 Å². The van der Waals surface area contributed by atoms with Gasteiger partial charge < -0.3 is 14.0 Å². The molecule has 0 saturated heterocycles. The van der Waals surface area contributed by atoms with Crippen LogP contribution in [0.1, 0.15) is 24.3 Å². The van der Waals surface area contributed by atoms with Gasteiger partial charge in [-0.25, -0.2) is 4.79 Å². The largest absolute Gasteiger partial charge is 0.494 e. The molecule has 0 amide bonds. The number of nitrogens with zero attached hydrogens (tertiary/aromatic N) is 3. The van der Waals surface area contributed by atoms with Crippen LogP contribution in [0.15, 0.2) is 58.1 Å². The lowest BCUT2D eigenvalue weighted by molar-refractivity contribution is 0.0478. The number of halogens is 1. The van der Waals surface area contributed by atoms with Gasteiger partial charge in [-0.2, -0.15) is 0 Å². The quantitative estimate of drug-likeness (QED) is 0.458. The second-order valence-corrected chi connectivity index (χ2v) is 8.51. The van der Waals surface area contributed by atoms with Crippen molar-refractivity contribution in [3.8, 4) is 17.0 Å². The molecule has 3 heterocycles. The van der Waals surface area contributed by atoms with Crippen molar-refractivity contribution in [1.82, 2.24) is 13.7 Å². The summed E-state index contributed by atoms with van der Waals surface area (Å²) in [6.45, 7) is 3.56. The zero-order chi connectivity index (χ0) is 23.3. The van der Waals surface area contributed by atoms with Gasteiger partial charge in [-0.15, -0.1) is 0 Å². The number of fused-ring (bicyclic) bond motifs is 3. The Balaban J connectivity index is 1.84. The average Bonchev–Trinajstić information content (AvgIpc) is 3.18. The van der Waals surface area contributed by atoms with Crippen molar-refractivity contribution in [3.05, 3.63) is 85.6 Å². The summed E-state index contributed by atoms with van der Waals surface area (Å²) in [6.07, 6.45) is -0.435. The molecule has 2 aromatic carbocycles. The van der Waals surface area contributed by atoms with Gasteiger partial charge in [-0.3, -0.25) is 13.9 Å². The van der Waals surface area contributed by atoms with Crippen molar-refractivity contribution in [2.45, 2.75) is 19.6 Å². The second-order valence-electron chi connectivity index (χ2n) is 8.07. The standard InChI is InChI=1S/C25H24ClN3O4/c1-4-32-18-11-7-16(8-12-18)23-22-21-19(24(30)28(3)25(31)27(21)2)20(29(22)13-14-33-23)15-5-9-17(26)10-6-15/h5-12,23H,4,13-14H2,1-3H3/t23-/m1/s1. The monoisotopic (exact) mass is 465 g/mol. The predicted molar refractivity (Wildman–Crippen MR) is 128 cm³/mol. The number of aromatic nitrogens is 3. The minimum absolute atomic E-state index is 0.328. The SMILES string of the molecule is CCOc1ccc([C@H]2OCCn3c(-c4ccc(Cl)cc4)c4c(=O)n(C)c(=O)n(C)c4c32)cc1. The molecule has 170 valence electrons. The topological polar surface area (TPSA) is 67.4 Å². The molecule has 2 aromatic heterocycles. The fourth-order valence-corrected chi connectivity index (χ4v) is 4.77. The first kappa shape index (κ1) is 21.6. The van der Waals surface area contributed by atoms with E-state index in [1.807, 2.05) is 43.3 Å². The second kappa shape index (κ2) is 8.24. The molecule has 0 unspecified atom stereocenters. The fraction of sp³-hybridized carbons (Fsp3) is 0.280. The van der Waals surface area contributed by atoms with Gasteiger partial charge in [-0.05, 0) is 42.3 Å². The highest BCUT2D eigenvalue weighted by Crippen LogP contribution is 2.41. The maximum absolute atomic E-state index is 13.4. The van der Waals surface area contributed by atoms with Crippen LogP contribution in [0.25, 0.3) is 22.2 Å². The molecule has 0 spiro atoms. The van der Waals surface area contributed by atoms with Gasteiger partial charge in [0.25, 0.3) is 5.56 Å². The van der Waals surface area contributed by atoms with E-state index in [1.54, 1.807) is 19.2 Å². The van der Waals surface area contributed by atoms with Crippen LogP contribution in [0, 0.1) is 0 Å². The zero-order valence-corrected chi connectivity index (χ0v) is 19.4. The first-order valence-electron chi connectivity index (χ1n) is 10.8. The highest BCUT2D eigenvalue weighted by atomic mass is 35.5. The average molecular weight is 466 g/mol. The molecule has 1 aliphatic rings. The highest BCUT2D eigenvalue weighted by Gasteiger charge is 2.33. The van der Waals surface area contributed by atoms with E-state index in [1.165, 1.54) is 11.6 Å². The lowest BCUT2D eigenvalue weighted by Crippen LogP contribution is -2.37. The molecule has 8 heteroatoms. The molecule has 0 fully saturated rings. The summed E-state index contributed by atoms with van der Waals surface area (Å²) >= 11 is 6.13. The molecular formula is C25H24ClN3O4. The van der Waals surface area contributed by atoms with Crippen LogP contribution in [0.5, 0.6) is 5.75 Å². The molecule has 0 radical (unpaired) electrons. The van der Waals surface area contributed by atoms with Crippen molar-refractivity contribution in [3.63, 3.8) is 0 Å². The van der Waals surface area contributed by atoms with Gasteiger partial charge in [0.15, 0.2) is 0 Å². The number of rotatable bonds is 4. The molecule has 1 atom stereocenters. The Hall–Kier alpha value is -3.29. The van der Waals surface area contributed by atoms with Crippen LogP contribution < -0.4 is 16.0 Å². The summed E-state index contributed by atoms with van der Waals surface area (Å²) in [5.74, 6) is 0.778. The van der Waals surface area contributed by atoms with Crippen LogP contribution >= 0.6 is 11.6 Å². The van der Waals surface area contributed by atoms with Crippen LogP contribution in [0.2, 0.25) is 5.02 Å². The van der Waals surface area contributed by atoms with E-state index in [4.69, 9.17) is 21.1 Å². The normalized spacial score (nSPS) is 15.6. The third-order valence-electron chi connectivity index (χ3n) is 6.16. The molecule has 0 saturated carbocycles. The lowest BCUT2D eigenvalue weighted by Gasteiger charge is -2.28. The predicted octanol–water partition coefficient (Wildman–Crippen LogP) is 3.88. The third-order valence-corrected chi connectivity index (χ3v) is 6.42. The van der Waals surface area contributed by atoms with Crippen LogP contribution in [0.3, 0.4) is 0 Å². The van der Waals surface area contributed by atoms with Gasteiger partial charge in [0.1, 0.15) is 11.9 Å². The molecular weight excluding hydrogens is 442 g/mol. The number of hydrogen-bond acceptors (Lipinski definition) is 4. The number of benzene rings is 2. The fourth-order valence-electron chi connectivity index (χ4n) is 4.65. The summed E-state index contributed by atoms with van der Waals surface area (Å²) in [5.41, 5.74) is 3.24. The summed E-state index contributed by atoms with van der Waals surface area (Å²) in [7, 11) is 3.20. The van der Waals surface area contributed by atoms with Crippen molar-refractivity contribution in [2.75, 3.05) is 13.2 Å². The van der Waals surface area contributed by atoms with Gasteiger partial charge in [0.2, 0.25) is 0 Å². The van der Waals surface area contributed by atoms with E-state index in [0.29, 0.717) is 35.7 Å². The number of ether oxygens (including phenoxy) is 2. The minimum atomic E-state index is -0.435. The maximum Gasteiger partial charge on any atom is 0.331 e. The molecule has 33 heavy (non-hydrogen) atoms. The van der Waals surface area contributed by atoms with E-state index in [2.05, 4.69) is 4.57 Å². The summed E-state index contributed by atoms with van der Waals surface area (Å²) in [5, 5.41) is 1.11. The summed E-state index contributed by atoms with van der Waals surface area (Å²) in [4.78, 5) is 26.3. The van der Waals surface area contributed by atoms with E-state index < -0.39 is 6.10 Å². The molecule has 4 aromatic rings. The molecule has 7 nitrogen and oxygen atoms in total. The molecule has 0 aliphatic carbocycles. The Labute approximate surface area is 195 Å². The van der Waals surface area contributed by atoms with Gasteiger partial charge in [0, 0.05) is 25.7 Å². The van der Waals surface area contributed by atoms with Crippen molar-refractivity contribution >= 4 is 22.5 Å². The van der Waals surface area contributed by atoms with Gasteiger partial charge in [0.05, 0.1) is 35.5 Å². The molecule has 0 bridgehead atoms. The van der Waals surface area contributed by atoms with E-state index in [9.17, 15) is 9.59 Å². The van der Waals surface area contributed by atoms with E-state index in [0.717, 1.165) is 32.8 Å². The smallest absolute Gasteiger partial charge is 0.331 e. The van der Waals surface area contributed by atoms with E-state index in [-0.39, 0.29) is 11.2 Å². The van der Waals surface area contributed by atoms with Crippen LogP contribution in [-0.4, -0.2) is 26.9 Å². The molecule has 0 N–H and O–H groups in total. The van der Waals surface area contributed by atoms with Crippen molar-refractivity contribution < 1.29 is 9.47 Å². The Kier molecular flexibility index (Phi) is 5.38. The molecule has 5 rings (SSSR count). The number of aryl methyl sites for hydroxylation is 1.